The van der Waals surface area contributed by atoms with Crippen LogP contribution in [0.25, 0.3) is 0 Å². The Morgan fingerprint density at radius 2 is 1.70 bits per heavy atom. The van der Waals surface area contributed by atoms with Gasteiger partial charge in [-0.3, -0.25) is 9.59 Å². The van der Waals surface area contributed by atoms with E-state index in [0.717, 1.165) is 23.1 Å². The van der Waals surface area contributed by atoms with Gasteiger partial charge in [0.25, 0.3) is 0 Å². The molecule has 2 aromatic rings. The fourth-order valence-electron chi connectivity index (χ4n) is 3.63. The second kappa shape index (κ2) is 13.5. The minimum absolute atomic E-state index is 0.0532. The predicted octanol–water partition coefficient (Wildman–Crippen LogP) is 4.67. The highest BCUT2D eigenvalue weighted by Crippen LogP contribution is 2.29. The van der Waals surface area contributed by atoms with Gasteiger partial charge in [-0.25, -0.2) is 0 Å². The summed E-state index contributed by atoms with van der Waals surface area (Å²) in [7, 11) is 0. The van der Waals surface area contributed by atoms with Crippen LogP contribution in [0.15, 0.2) is 42.5 Å². The zero-order valence-corrected chi connectivity index (χ0v) is 20.6. The zero-order valence-electron chi connectivity index (χ0n) is 20.6. The first-order valence-electron chi connectivity index (χ1n) is 11.9. The van der Waals surface area contributed by atoms with Gasteiger partial charge in [-0.05, 0) is 63.8 Å². The molecule has 0 saturated carbocycles. The van der Waals surface area contributed by atoms with Crippen molar-refractivity contribution in [3.63, 3.8) is 0 Å². The van der Waals surface area contributed by atoms with E-state index in [0.29, 0.717) is 50.6 Å². The van der Waals surface area contributed by atoms with Gasteiger partial charge in [-0.2, -0.15) is 0 Å². The van der Waals surface area contributed by atoms with Gasteiger partial charge >= 0.3 is 0 Å². The molecule has 0 heterocycles. The number of carbonyl (C=O) groups is 2. The van der Waals surface area contributed by atoms with E-state index in [2.05, 4.69) is 11.4 Å². The largest absolute Gasteiger partial charge is 0.490 e. The Labute approximate surface area is 198 Å². The van der Waals surface area contributed by atoms with Gasteiger partial charge in [-0.15, -0.1) is 0 Å². The van der Waals surface area contributed by atoms with Crippen LogP contribution in [0.3, 0.4) is 0 Å². The first kappa shape index (κ1) is 26.2. The Hall–Kier alpha value is -3.02. The summed E-state index contributed by atoms with van der Waals surface area (Å²) in [6.45, 7) is 11.8. The molecule has 1 unspecified atom stereocenters. The highest BCUT2D eigenvalue weighted by molar-refractivity contribution is 5.87. The maximum Gasteiger partial charge on any atom is 0.242 e. The van der Waals surface area contributed by atoms with Crippen molar-refractivity contribution in [3.05, 3.63) is 59.2 Å². The van der Waals surface area contributed by atoms with E-state index in [1.54, 1.807) is 11.8 Å². The Morgan fingerprint density at radius 3 is 2.36 bits per heavy atom. The fourth-order valence-corrected chi connectivity index (χ4v) is 3.63. The standard InChI is InChI=1S/C27H38N2O4/c1-6-16-28-27(31)21(5)29(19-23-11-9-10-20(4)17-23)26(30)15-13-22-12-14-24(32-7-2)25(18-22)33-8-3/h9-12,14,17-18,21H,6-8,13,15-16,19H2,1-5H3,(H,28,31). The Morgan fingerprint density at radius 1 is 0.970 bits per heavy atom. The Balaban J connectivity index is 2.16. The highest BCUT2D eigenvalue weighted by Gasteiger charge is 2.25. The maximum atomic E-state index is 13.3. The van der Waals surface area contributed by atoms with Gasteiger partial charge in [0.2, 0.25) is 11.8 Å². The molecule has 0 aliphatic heterocycles. The van der Waals surface area contributed by atoms with Crippen molar-refractivity contribution in [3.8, 4) is 11.5 Å². The summed E-state index contributed by atoms with van der Waals surface area (Å²) in [5, 5.41) is 2.91. The molecule has 0 spiro atoms. The number of nitrogens with zero attached hydrogens (tertiary/aromatic N) is 1. The smallest absolute Gasteiger partial charge is 0.242 e. The summed E-state index contributed by atoms with van der Waals surface area (Å²) < 4.78 is 11.3. The quantitative estimate of drug-likeness (QED) is 0.478. The summed E-state index contributed by atoms with van der Waals surface area (Å²) >= 11 is 0. The lowest BCUT2D eigenvalue weighted by atomic mass is 10.1. The molecule has 1 N–H and O–H groups in total. The predicted molar refractivity (Wildman–Crippen MR) is 132 cm³/mol. The third-order valence-electron chi connectivity index (χ3n) is 5.39. The number of aryl methyl sites for hydroxylation is 2. The number of rotatable bonds is 13. The lowest BCUT2D eigenvalue weighted by Crippen LogP contribution is -2.47. The molecule has 0 bridgehead atoms. The molecule has 2 aromatic carbocycles. The van der Waals surface area contributed by atoms with Crippen LogP contribution in [0.4, 0.5) is 0 Å². The number of benzene rings is 2. The van der Waals surface area contributed by atoms with Crippen molar-refractivity contribution >= 4 is 11.8 Å². The van der Waals surface area contributed by atoms with E-state index >= 15 is 0 Å². The molecule has 0 saturated heterocycles. The van der Waals surface area contributed by atoms with Crippen molar-refractivity contribution in [2.75, 3.05) is 19.8 Å². The molecule has 6 nitrogen and oxygen atoms in total. The normalized spacial score (nSPS) is 11.5. The third kappa shape index (κ3) is 8.12. The molecular formula is C27H38N2O4. The molecule has 180 valence electrons. The molecule has 6 heteroatoms. The van der Waals surface area contributed by atoms with Crippen molar-refractivity contribution in [2.45, 2.75) is 66.5 Å². The van der Waals surface area contributed by atoms with Crippen LogP contribution >= 0.6 is 0 Å². The molecule has 0 aliphatic rings. The van der Waals surface area contributed by atoms with E-state index in [-0.39, 0.29) is 11.8 Å². The van der Waals surface area contributed by atoms with Gasteiger partial charge < -0.3 is 19.7 Å². The van der Waals surface area contributed by atoms with E-state index in [1.165, 1.54) is 0 Å². The van der Waals surface area contributed by atoms with Gasteiger partial charge in [0.05, 0.1) is 13.2 Å². The number of hydrogen-bond donors (Lipinski definition) is 1. The first-order chi connectivity index (χ1) is 15.9. The van der Waals surface area contributed by atoms with Crippen LogP contribution in [0.5, 0.6) is 11.5 Å². The second-order valence-corrected chi connectivity index (χ2v) is 8.12. The molecule has 33 heavy (non-hydrogen) atoms. The molecule has 0 aliphatic carbocycles. The second-order valence-electron chi connectivity index (χ2n) is 8.12. The van der Waals surface area contributed by atoms with Crippen LogP contribution in [-0.4, -0.2) is 42.5 Å². The molecular weight excluding hydrogens is 416 g/mol. The monoisotopic (exact) mass is 454 g/mol. The third-order valence-corrected chi connectivity index (χ3v) is 5.39. The minimum Gasteiger partial charge on any atom is -0.490 e. The molecule has 0 fully saturated rings. The van der Waals surface area contributed by atoms with E-state index in [4.69, 9.17) is 9.47 Å². The minimum atomic E-state index is -0.552. The van der Waals surface area contributed by atoms with Crippen LogP contribution in [0.1, 0.15) is 57.2 Å². The molecule has 2 amide bonds. The molecule has 0 aromatic heterocycles. The van der Waals surface area contributed by atoms with Crippen molar-refractivity contribution in [1.29, 1.82) is 0 Å². The number of carbonyl (C=O) groups excluding carboxylic acids is 2. The molecule has 1 atom stereocenters. The summed E-state index contributed by atoms with van der Waals surface area (Å²) in [4.78, 5) is 27.6. The lowest BCUT2D eigenvalue weighted by molar-refractivity contribution is -0.140. The van der Waals surface area contributed by atoms with Crippen molar-refractivity contribution < 1.29 is 19.1 Å². The average molecular weight is 455 g/mol. The van der Waals surface area contributed by atoms with E-state index in [1.807, 2.05) is 64.1 Å². The van der Waals surface area contributed by atoms with Crippen molar-refractivity contribution in [1.82, 2.24) is 10.2 Å². The Kier molecular flexibility index (Phi) is 10.7. The SMILES string of the molecule is CCCNC(=O)C(C)N(Cc1cccc(C)c1)C(=O)CCc1ccc(OCC)c(OCC)c1. The van der Waals surface area contributed by atoms with Gasteiger partial charge in [0.1, 0.15) is 6.04 Å². The van der Waals surface area contributed by atoms with Gasteiger partial charge in [-0.1, -0.05) is 42.8 Å². The highest BCUT2D eigenvalue weighted by atomic mass is 16.5. The summed E-state index contributed by atoms with van der Waals surface area (Å²) in [5.74, 6) is 1.21. The van der Waals surface area contributed by atoms with Gasteiger partial charge in [0, 0.05) is 19.5 Å². The van der Waals surface area contributed by atoms with Crippen molar-refractivity contribution in [2.24, 2.45) is 0 Å². The van der Waals surface area contributed by atoms with Crippen LogP contribution in [0.2, 0.25) is 0 Å². The van der Waals surface area contributed by atoms with E-state index < -0.39 is 6.04 Å². The molecule has 2 rings (SSSR count). The van der Waals surface area contributed by atoms with Gasteiger partial charge in [0.15, 0.2) is 11.5 Å². The number of ether oxygens (including phenoxy) is 2. The topological polar surface area (TPSA) is 67.9 Å². The number of nitrogens with one attached hydrogen (secondary N) is 1. The first-order valence-corrected chi connectivity index (χ1v) is 11.9. The summed E-state index contributed by atoms with van der Waals surface area (Å²) in [5.41, 5.74) is 3.13. The lowest BCUT2D eigenvalue weighted by Gasteiger charge is -2.29. The average Bonchev–Trinajstić information content (AvgIpc) is 2.80. The molecule has 0 radical (unpaired) electrons. The van der Waals surface area contributed by atoms with Crippen LogP contribution in [0, 0.1) is 6.92 Å². The zero-order chi connectivity index (χ0) is 24.2. The maximum absolute atomic E-state index is 13.3. The Bertz CT molecular complexity index is 913. The van der Waals surface area contributed by atoms with Crippen LogP contribution < -0.4 is 14.8 Å². The van der Waals surface area contributed by atoms with E-state index in [9.17, 15) is 9.59 Å². The fraction of sp³-hybridized carbons (Fsp3) is 0.481. The summed E-state index contributed by atoms with van der Waals surface area (Å²) in [6.07, 6.45) is 1.71. The van der Waals surface area contributed by atoms with Crippen LogP contribution in [-0.2, 0) is 22.6 Å². The summed E-state index contributed by atoms with van der Waals surface area (Å²) in [6, 6.07) is 13.3. The number of amides is 2. The number of hydrogen-bond acceptors (Lipinski definition) is 4.